The van der Waals surface area contributed by atoms with Crippen molar-refractivity contribution in [2.24, 2.45) is 0 Å². The van der Waals surface area contributed by atoms with Gasteiger partial charge in [-0.15, -0.1) is 0 Å². The van der Waals surface area contributed by atoms with Crippen molar-refractivity contribution >= 4 is 11.6 Å². The summed E-state index contributed by atoms with van der Waals surface area (Å²) in [7, 11) is 0. The SMILES string of the molecule is O=[N+]([O-])C(/C=C(/Cl)[N+](=O)[O-])=C(NCc1ccccc1)NCc1ccccc1. The first-order chi connectivity index (χ1) is 13.0. The Hall–Kier alpha value is -3.39. The first-order valence-corrected chi connectivity index (χ1v) is 8.31. The van der Waals surface area contributed by atoms with Crippen LogP contribution in [0.4, 0.5) is 0 Å². The van der Waals surface area contributed by atoms with Gasteiger partial charge in [0.15, 0.2) is 5.82 Å². The van der Waals surface area contributed by atoms with E-state index in [2.05, 4.69) is 10.6 Å². The Morgan fingerprint density at radius 3 is 1.67 bits per heavy atom. The lowest BCUT2D eigenvalue weighted by atomic mass is 10.2. The van der Waals surface area contributed by atoms with Crippen molar-refractivity contribution in [3.05, 3.63) is 115 Å². The molecule has 0 unspecified atom stereocenters. The van der Waals surface area contributed by atoms with Gasteiger partial charge < -0.3 is 10.6 Å². The lowest BCUT2D eigenvalue weighted by Crippen LogP contribution is -2.29. The molecular formula is C18H17ClN4O4. The van der Waals surface area contributed by atoms with Crippen LogP contribution >= 0.6 is 11.6 Å². The Balaban J connectivity index is 2.30. The van der Waals surface area contributed by atoms with Crippen LogP contribution in [0.3, 0.4) is 0 Å². The smallest absolute Gasteiger partial charge is 0.344 e. The molecule has 0 atom stereocenters. The summed E-state index contributed by atoms with van der Waals surface area (Å²) in [6.07, 6.45) is 0.715. The zero-order valence-electron chi connectivity index (χ0n) is 14.2. The van der Waals surface area contributed by atoms with Gasteiger partial charge in [0.2, 0.25) is 0 Å². The Morgan fingerprint density at radius 1 is 0.852 bits per heavy atom. The van der Waals surface area contributed by atoms with Gasteiger partial charge in [0.25, 0.3) is 0 Å². The molecule has 0 saturated heterocycles. The van der Waals surface area contributed by atoms with E-state index in [1.807, 2.05) is 60.7 Å². The second kappa shape index (κ2) is 9.93. The van der Waals surface area contributed by atoms with Gasteiger partial charge in [-0.25, -0.2) is 0 Å². The van der Waals surface area contributed by atoms with Crippen molar-refractivity contribution in [2.75, 3.05) is 0 Å². The fraction of sp³-hybridized carbons (Fsp3) is 0.111. The van der Waals surface area contributed by atoms with Crippen molar-refractivity contribution < 1.29 is 9.85 Å². The van der Waals surface area contributed by atoms with Crippen molar-refractivity contribution in [3.8, 4) is 0 Å². The quantitative estimate of drug-likeness (QED) is 0.295. The van der Waals surface area contributed by atoms with E-state index in [9.17, 15) is 20.2 Å². The number of hydrogen-bond donors (Lipinski definition) is 2. The Kier molecular flexibility index (Phi) is 7.33. The second-order valence-electron chi connectivity index (χ2n) is 5.42. The third-order valence-corrected chi connectivity index (χ3v) is 3.75. The van der Waals surface area contributed by atoms with Crippen LogP contribution in [-0.2, 0) is 13.1 Å². The van der Waals surface area contributed by atoms with Gasteiger partial charge in [-0.05, 0) is 22.7 Å². The lowest BCUT2D eigenvalue weighted by Gasteiger charge is -2.13. The standard InChI is InChI=1S/C18H17ClN4O4/c19-17(23(26)27)11-16(22(24)25)18(20-12-14-7-3-1-4-8-14)21-13-15-9-5-2-6-10-15/h1-11,20-21H,12-13H2/b17-11-. The molecule has 9 heteroatoms. The molecule has 0 spiro atoms. The highest BCUT2D eigenvalue weighted by Crippen LogP contribution is 2.12. The third-order valence-electron chi connectivity index (χ3n) is 3.51. The monoisotopic (exact) mass is 388 g/mol. The molecule has 140 valence electrons. The van der Waals surface area contributed by atoms with E-state index in [-0.39, 0.29) is 5.82 Å². The van der Waals surface area contributed by atoms with E-state index >= 15 is 0 Å². The first kappa shape index (κ1) is 19.9. The van der Waals surface area contributed by atoms with Crippen molar-refractivity contribution in [1.82, 2.24) is 10.6 Å². The summed E-state index contributed by atoms with van der Waals surface area (Å²) in [4.78, 5) is 20.6. The summed E-state index contributed by atoms with van der Waals surface area (Å²) < 4.78 is 0. The molecule has 0 bridgehead atoms. The molecule has 0 aliphatic carbocycles. The average molecular weight is 389 g/mol. The van der Waals surface area contributed by atoms with Crippen LogP contribution in [0.15, 0.2) is 83.4 Å². The van der Waals surface area contributed by atoms with E-state index in [0.29, 0.717) is 19.2 Å². The zero-order chi connectivity index (χ0) is 19.6. The Bertz CT molecular complexity index is 809. The largest absolute Gasteiger partial charge is 0.362 e. The maximum absolute atomic E-state index is 11.5. The van der Waals surface area contributed by atoms with Crippen molar-refractivity contribution in [2.45, 2.75) is 13.1 Å². The number of hydrogen-bond acceptors (Lipinski definition) is 6. The molecule has 2 N–H and O–H groups in total. The molecule has 2 aromatic rings. The fourth-order valence-corrected chi connectivity index (χ4v) is 2.30. The van der Waals surface area contributed by atoms with Gasteiger partial charge in [-0.1, -0.05) is 60.7 Å². The molecule has 0 heterocycles. The zero-order valence-corrected chi connectivity index (χ0v) is 14.9. The van der Waals surface area contributed by atoms with Crippen LogP contribution in [-0.4, -0.2) is 9.85 Å². The number of rotatable bonds is 9. The number of nitrogens with one attached hydrogen (secondary N) is 2. The minimum Gasteiger partial charge on any atom is -0.362 e. The summed E-state index contributed by atoms with van der Waals surface area (Å²) in [6, 6.07) is 18.5. The Labute approximate surface area is 160 Å². The lowest BCUT2D eigenvalue weighted by molar-refractivity contribution is -0.428. The van der Waals surface area contributed by atoms with Crippen LogP contribution in [0, 0.1) is 20.2 Å². The number of allylic oxidation sites excluding steroid dienone is 1. The summed E-state index contributed by atoms with van der Waals surface area (Å²) in [5.74, 6) is 0.0349. The molecule has 0 aliphatic heterocycles. The number of halogens is 1. The summed E-state index contributed by atoms with van der Waals surface area (Å²) >= 11 is 5.50. The average Bonchev–Trinajstić information content (AvgIpc) is 2.67. The van der Waals surface area contributed by atoms with Crippen LogP contribution in [0.1, 0.15) is 11.1 Å². The van der Waals surface area contributed by atoms with E-state index in [1.54, 1.807) is 0 Å². The molecule has 0 aliphatic rings. The maximum atomic E-state index is 11.5. The first-order valence-electron chi connectivity index (χ1n) is 7.93. The van der Waals surface area contributed by atoms with E-state index in [1.165, 1.54) is 0 Å². The molecular weight excluding hydrogens is 372 g/mol. The van der Waals surface area contributed by atoms with Crippen molar-refractivity contribution in [3.63, 3.8) is 0 Å². The van der Waals surface area contributed by atoms with E-state index in [0.717, 1.165) is 11.1 Å². The van der Waals surface area contributed by atoms with Gasteiger partial charge in [-0.2, -0.15) is 0 Å². The summed E-state index contributed by atoms with van der Waals surface area (Å²) in [6.45, 7) is 0.582. The predicted octanol–water partition coefficient (Wildman–Crippen LogP) is 3.37. The third kappa shape index (κ3) is 6.44. The van der Waals surface area contributed by atoms with Gasteiger partial charge in [0.05, 0.1) is 9.85 Å². The van der Waals surface area contributed by atoms with Gasteiger partial charge >= 0.3 is 10.9 Å². The van der Waals surface area contributed by atoms with Gasteiger partial charge in [-0.3, -0.25) is 20.2 Å². The fourth-order valence-electron chi connectivity index (χ4n) is 2.20. The van der Waals surface area contributed by atoms with Crippen LogP contribution in [0.5, 0.6) is 0 Å². The topological polar surface area (TPSA) is 110 Å². The minimum atomic E-state index is -0.892. The van der Waals surface area contributed by atoms with Crippen LogP contribution < -0.4 is 10.6 Å². The highest BCUT2D eigenvalue weighted by molar-refractivity contribution is 6.28. The summed E-state index contributed by atoms with van der Waals surface area (Å²) in [5.41, 5.74) is 1.26. The molecule has 2 aromatic carbocycles. The Morgan fingerprint density at radius 2 is 1.30 bits per heavy atom. The second-order valence-corrected chi connectivity index (χ2v) is 5.81. The molecule has 27 heavy (non-hydrogen) atoms. The van der Waals surface area contributed by atoms with E-state index in [4.69, 9.17) is 11.6 Å². The van der Waals surface area contributed by atoms with Crippen molar-refractivity contribution in [1.29, 1.82) is 0 Å². The molecule has 0 aromatic heterocycles. The number of nitrogens with zero attached hydrogens (tertiary/aromatic N) is 2. The number of benzene rings is 2. The van der Waals surface area contributed by atoms with Gasteiger partial charge in [0.1, 0.15) is 6.08 Å². The molecule has 2 rings (SSSR count). The van der Waals surface area contributed by atoms with E-state index < -0.39 is 20.7 Å². The normalized spacial score (nSPS) is 10.8. The summed E-state index contributed by atoms with van der Waals surface area (Å²) in [5, 5.41) is 27.2. The highest BCUT2D eigenvalue weighted by atomic mass is 35.5. The molecule has 0 amide bonds. The molecule has 0 radical (unpaired) electrons. The molecule has 0 saturated carbocycles. The van der Waals surface area contributed by atoms with Gasteiger partial charge in [0, 0.05) is 13.1 Å². The molecule has 8 nitrogen and oxygen atoms in total. The number of nitro groups is 2. The van der Waals surface area contributed by atoms with Crippen LogP contribution in [0.2, 0.25) is 0 Å². The highest BCUT2D eigenvalue weighted by Gasteiger charge is 2.21. The predicted molar refractivity (Wildman–Crippen MR) is 102 cm³/mol. The minimum absolute atomic E-state index is 0.0349. The van der Waals surface area contributed by atoms with Crippen LogP contribution in [0.25, 0.3) is 0 Å². The maximum Gasteiger partial charge on any atom is 0.344 e. The molecule has 0 fully saturated rings.